The maximum Gasteiger partial charge on any atom is 0.228 e. The van der Waals surface area contributed by atoms with Crippen LogP contribution in [0.4, 0.5) is 5.82 Å². The van der Waals surface area contributed by atoms with Crippen molar-refractivity contribution in [2.45, 2.75) is 12.8 Å². The number of hydrogen-bond acceptors (Lipinski definition) is 1. The molecule has 0 atom stereocenters. The minimum atomic E-state index is 0.140. The van der Waals surface area contributed by atoms with Crippen LogP contribution in [0.15, 0.2) is 30.3 Å². The fraction of sp³-hybridized carbons (Fsp3) is 0.250. The van der Waals surface area contributed by atoms with Crippen molar-refractivity contribution in [2.24, 2.45) is 5.92 Å². The van der Waals surface area contributed by atoms with Gasteiger partial charge in [-0.25, -0.2) is 0 Å². The van der Waals surface area contributed by atoms with Gasteiger partial charge in [0.25, 0.3) is 0 Å². The Morgan fingerprint density at radius 2 is 2.13 bits per heavy atom. The third-order valence-corrected chi connectivity index (χ3v) is 2.74. The summed E-state index contributed by atoms with van der Waals surface area (Å²) < 4.78 is 0. The zero-order chi connectivity index (χ0) is 10.3. The molecule has 2 N–H and O–H groups in total. The van der Waals surface area contributed by atoms with E-state index in [4.69, 9.17) is 0 Å². The maximum absolute atomic E-state index is 11.5. The van der Waals surface area contributed by atoms with Gasteiger partial charge in [0, 0.05) is 16.8 Å². The van der Waals surface area contributed by atoms with Crippen LogP contribution in [-0.2, 0) is 4.79 Å². The van der Waals surface area contributed by atoms with Gasteiger partial charge in [0.1, 0.15) is 5.82 Å². The van der Waals surface area contributed by atoms with Crippen LogP contribution in [0.2, 0.25) is 0 Å². The Hall–Kier alpha value is -1.77. The van der Waals surface area contributed by atoms with E-state index in [1.807, 2.05) is 30.3 Å². The van der Waals surface area contributed by atoms with Gasteiger partial charge in [0.05, 0.1) is 0 Å². The van der Waals surface area contributed by atoms with Crippen LogP contribution in [0.25, 0.3) is 10.9 Å². The molecule has 0 bridgehead atoms. The lowest BCUT2D eigenvalue weighted by molar-refractivity contribution is -0.117. The van der Waals surface area contributed by atoms with Gasteiger partial charge in [-0.1, -0.05) is 18.2 Å². The Morgan fingerprint density at radius 1 is 1.33 bits per heavy atom. The molecule has 1 fully saturated rings. The van der Waals surface area contributed by atoms with Crippen LogP contribution in [-0.4, -0.2) is 10.9 Å². The normalized spacial score (nSPS) is 15.5. The number of benzene rings is 1. The quantitative estimate of drug-likeness (QED) is 0.768. The van der Waals surface area contributed by atoms with Gasteiger partial charge in [-0.15, -0.1) is 0 Å². The van der Waals surface area contributed by atoms with E-state index in [-0.39, 0.29) is 11.8 Å². The highest BCUT2D eigenvalue weighted by Gasteiger charge is 2.29. The van der Waals surface area contributed by atoms with Crippen LogP contribution < -0.4 is 5.32 Å². The average Bonchev–Trinajstić information content (AvgIpc) is 2.99. The predicted octanol–water partition coefficient (Wildman–Crippen LogP) is 2.52. The number of anilines is 1. The number of para-hydroxylation sites is 1. The Bertz CT molecular complexity index is 478. The monoisotopic (exact) mass is 200 g/mol. The van der Waals surface area contributed by atoms with Crippen molar-refractivity contribution in [3.63, 3.8) is 0 Å². The van der Waals surface area contributed by atoms with Gasteiger partial charge >= 0.3 is 0 Å². The van der Waals surface area contributed by atoms with Crippen molar-refractivity contribution < 1.29 is 4.79 Å². The number of aromatic amines is 1. The van der Waals surface area contributed by atoms with E-state index in [0.717, 1.165) is 29.6 Å². The number of carbonyl (C=O) groups is 1. The Kier molecular flexibility index (Phi) is 1.78. The maximum atomic E-state index is 11.5. The number of fused-ring (bicyclic) bond motifs is 1. The average molecular weight is 200 g/mol. The van der Waals surface area contributed by atoms with Gasteiger partial charge in [0.15, 0.2) is 0 Å². The molecule has 3 nitrogen and oxygen atoms in total. The standard InChI is InChI=1S/C12H12N2O/c15-12(8-5-6-8)14-11-7-9-3-1-2-4-10(9)13-11/h1-4,7-8,13H,5-6H2,(H,14,15). The molecule has 0 spiro atoms. The summed E-state index contributed by atoms with van der Waals surface area (Å²) in [7, 11) is 0. The molecule has 1 amide bonds. The largest absolute Gasteiger partial charge is 0.341 e. The molecule has 15 heavy (non-hydrogen) atoms. The summed E-state index contributed by atoms with van der Waals surface area (Å²) in [5, 5.41) is 4.03. The van der Waals surface area contributed by atoms with Crippen molar-refractivity contribution >= 4 is 22.6 Å². The van der Waals surface area contributed by atoms with Crippen molar-refractivity contribution in [3.05, 3.63) is 30.3 Å². The van der Waals surface area contributed by atoms with Gasteiger partial charge in [-0.05, 0) is 25.0 Å². The predicted molar refractivity (Wildman–Crippen MR) is 59.7 cm³/mol. The Labute approximate surface area is 87.5 Å². The summed E-state index contributed by atoms with van der Waals surface area (Å²) in [6.45, 7) is 0. The molecule has 76 valence electrons. The SMILES string of the molecule is O=C(Nc1cc2ccccc2[nH]1)C1CC1. The molecular weight excluding hydrogens is 188 g/mol. The van der Waals surface area contributed by atoms with Crippen LogP contribution in [0.1, 0.15) is 12.8 Å². The minimum Gasteiger partial charge on any atom is -0.341 e. The molecule has 0 radical (unpaired) electrons. The lowest BCUT2D eigenvalue weighted by Gasteiger charge is -1.98. The molecule has 0 unspecified atom stereocenters. The van der Waals surface area contributed by atoms with Gasteiger partial charge < -0.3 is 10.3 Å². The number of amides is 1. The third kappa shape index (κ3) is 1.61. The third-order valence-electron chi connectivity index (χ3n) is 2.74. The second kappa shape index (κ2) is 3.12. The van der Waals surface area contributed by atoms with Crippen molar-refractivity contribution in [1.82, 2.24) is 4.98 Å². The molecule has 0 aliphatic heterocycles. The summed E-state index contributed by atoms with van der Waals surface area (Å²) in [6, 6.07) is 9.96. The fourth-order valence-electron chi connectivity index (χ4n) is 1.72. The molecular formula is C12H12N2O. The number of rotatable bonds is 2. The van der Waals surface area contributed by atoms with E-state index >= 15 is 0 Å². The number of nitrogens with one attached hydrogen (secondary N) is 2. The van der Waals surface area contributed by atoms with E-state index in [9.17, 15) is 4.79 Å². The smallest absolute Gasteiger partial charge is 0.228 e. The highest BCUT2D eigenvalue weighted by Crippen LogP contribution is 2.30. The number of aromatic nitrogens is 1. The molecule has 1 aliphatic carbocycles. The van der Waals surface area contributed by atoms with Crippen LogP contribution >= 0.6 is 0 Å². The molecule has 1 heterocycles. The van der Waals surface area contributed by atoms with E-state index in [1.165, 1.54) is 0 Å². The lowest BCUT2D eigenvalue weighted by Crippen LogP contribution is -2.13. The van der Waals surface area contributed by atoms with Crippen molar-refractivity contribution in [1.29, 1.82) is 0 Å². The van der Waals surface area contributed by atoms with Gasteiger partial charge in [-0.3, -0.25) is 4.79 Å². The molecule has 1 saturated carbocycles. The van der Waals surface area contributed by atoms with Gasteiger partial charge in [0.2, 0.25) is 5.91 Å². The zero-order valence-electron chi connectivity index (χ0n) is 8.29. The topological polar surface area (TPSA) is 44.9 Å². The molecule has 3 rings (SSSR count). The molecule has 1 aliphatic rings. The van der Waals surface area contributed by atoms with E-state index in [2.05, 4.69) is 10.3 Å². The molecule has 3 heteroatoms. The number of H-pyrrole nitrogens is 1. The van der Waals surface area contributed by atoms with Crippen molar-refractivity contribution in [3.8, 4) is 0 Å². The molecule has 1 aromatic heterocycles. The fourth-order valence-corrected chi connectivity index (χ4v) is 1.72. The number of carbonyl (C=O) groups excluding carboxylic acids is 1. The molecule has 2 aromatic rings. The van der Waals surface area contributed by atoms with Crippen LogP contribution in [0.3, 0.4) is 0 Å². The van der Waals surface area contributed by atoms with Crippen LogP contribution in [0.5, 0.6) is 0 Å². The first-order chi connectivity index (χ1) is 7.33. The molecule has 0 saturated heterocycles. The summed E-state index contributed by atoms with van der Waals surface area (Å²) in [6.07, 6.45) is 2.07. The van der Waals surface area contributed by atoms with E-state index in [1.54, 1.807) is 0 Å². The van der Waals surface area contributed by atoms with Gasteiger partial charge in [-0.2, -0.15) is 0 Å². The minimum absolute atomic E-state index is 0.140. The first kappa shape index (κ1) is 8.53. The number of hydrogen-bond donors (Lipinski definition) is 2. The van der Waals surface area contributed by atoms with Crippen molar-refractivity contribution in [2.75, 3.05) is 5.32 Å². The first-order valence-corrected chi connectivity index (χ1v) is 5.21. The highest BCUT2D eigenvalue weighted by atomic mass is 16.2. The summed E-state index contributed by atoms with van der Waals surface area (Å²) in [5.74, 6) is 1.19. The highest BCUT2D eigenvalue weighted by molar-refractivity contribution is 5.96. The Balaban J connectivity index is 1.87. The van der Waals surface area contributed by atoms with Crippen LogP contribution in [0, 0.1) is 5.92 Å². The lowest BCUT2D eigenvalue weighted by atomic mass is 10.2. The second-order valence-corrected chi connectivity index (χ2v) is 4.03. The second-order valence-electron chi connectivity index (χ2n) is 4.03. The first-order valence-electron chi connectivity index (χ1n) is 5.21. The zero-order valence-corrected chi connectivity index (χ0v) is 8.29. The van der Waals surface area contributed by atoms with E-state index in [0.29, 0.717) is 0 Å². The summed E-state index contributed by atoms with van der Waals surface area (Å²) in [5.41, 5.74) is 1.06. The molecule has 1 aromatic carbocycles. The summed E-state index contributed by atoms with van der Waals surface area (Å²) >= 11 is 0. The van der Waals surface area contributed by atoms with E-state index < -0.39 is 0 Å². The summed E-state index contributed by atoms with van der Waals surface area (Å²) in [4.78, 5) is 14.7. The Morgan fingerprint density at radius 3 is 2.87 bits per heavy atom.